The van der Waals surface area contributed by atoms with E-state index in [0.717, 1.165) is 23.3 Å². The Kier molecular flexibility index (Phi) is 4.41. The summed E-state index contributed by atoms with van der Waals surface area (Å²) in [4.78, 5) is 12.6. The molecular formula is C14H18N4O. The van der Waals surface area contributed by atoms with E-state index in [1.807, 2.05) is 13.0 Å². The van der Waals surface area contributed by atoms with E-state index in [1.165, 1.54) is 0 Å². The zero-order chi connectivity index (χ0) is 13.7. The molecule has 19 heavy (non-hydrogen) atoms. The van der Waals surface area contributed by atoms with Gasteiger partial charge in [0.1, 0.15) is 11.6 Å². The van der Waals surface area contributed by atoms with E-state index in [1.54, 1.807) is 24.8 Å². The van der Waals surface area contributed by atoms with Crippen molar-refractivity contribution < 1.29 is 4.74 Å². The quantitative estimate of drug-likeness (QED) is 0.888. The van der Waals surface area contributed by atoms with Crippen LogP contribution in [0.2, 0.25) is 0 Å². The van der Waals surface area contributed by atoms with Gasteiger partial charge in [-0.2, -0.15) is 0 Å². The Morgan fingerprint density at radius 3 is 2.63 bits per heavy atom. The number of hydrogen-bond donors (Lipinski definition) is 1. The summed E-state index contributed by atoms with van der Waals surface area (Å²) in [7, 11) is 0. The van der Waals surface area contributed by atoms with E-state index in [2.05, 4.69) is 21.9 Å². The van der Waals surface area contributed by atoms with Gasteiger partial charge in [0.15, 0.2) is 0 Å². The molecule has 2 aromatic rings. The van der Waals surface area contributed by atoms with Gasteiger partial charge in [0.05, 0.1) is 18.8 Å². The van der Waals surface area contributed by atoms with Crippen LogP contribution >= 0.6 is 0 Å². The molecule has 100 valence electrons. The van der Waals surface area contributed by atoms with E-state index < -0.39 is 6.04 Å². The van der Waals surface area contributed by atoms with Crippen LogP contribution in [0.1, 0.15) is 36.3 Å². The molecule has 2 heterocycles. The fourth-order valence-corrected chi connectivity index (χ4v) is 1.62. The van der Waals surface area contributed by atoms with Gasteiger partial charge in [-0.25, -0.2) is 9.97 Å². The first-order chi connectivity index (χ1) is 9.20. The predicted octanol–water partition coefficient (Wildman–Crippen LogP) is 2.02. The third-order valence-electron chi connectivity index (χ3n) is 2.65. The minimum absolute atomic E-state index is 0.390. The zero-order valence-electron chi connectivity index (χ0n) is 11.2. The molecule has 0 aromatic carbocycles. The van der Waals surface area contributed by atoms with Crippen molar-refractivity contribution in [3.8, 4) is 5.75 Å². The number of hydrogen-bond acceptors (Lipinski definition) is 5. The standard InChI is InChI=1S/C14H18N4O/c1-3-4-19-12-5-11(8-16-9-12)13(15)14-17-6-10(2)7-18-14/h5-9,13H,3-4,15H2,1-2H3. The van der Waals surface area contributed by atoms with E-state index >= 15 is 0 Å². The van der Waals surface area contributed by atoms with Crippen LogP contribution in [0.5, 0.6) is 5.75 Å². The first-order valence-electron chi connectivity index (χ1n) is 6.32. The number of aromatic nitrogens is 3. The maximum Gasteiger partial charge on any atom is 0.149 e. The monoisotopic (exact) mass is 258 g/mol. The topological polar surface area (TPSA) is 73.9 Å². The highest BCUT2D eigenvalue weighted by molar-refractivity contribution is 5.29. The maximum absolute atomic E-state index is 6.14. The number of nitrogens with two attached hydrogens (primary N) is 1. The molecule has 1 atom stereocenters. The summed E-state index contributed by atoms with van der Waals surface area (Å²) < 4.78 is 5.54. The fraction of sp³-hybridized carbons (Fsp3) is 0.357. The van der Waals surface area contributed by atoms with Crippen molar-refractivity contribution in [2.24, 2.45) is 5.73 Å². The lowest BCUT2D eigenvalue weighted by Gasteiger charge is -2.12. The number of pyridine rings is 1. The van der Waals surface area contributed by atoms with Crippen LogP contribution in [-0.2, 0) is 0 Å². The molecule has 0 saturated carbocycles. The van der Waals surface area contributed by atoms with Gasteiger partial charge in [0.25, 0.3) is 0 Å². The van der Waals surface area contributed by atoms with Crippen molar-refractivity contribution in [3.63, 3.8) is 0 Å². The molecule has 0 aliphatic rings. The van der Waals surface area contributed by atoms with Crippen molar-refractivity contribution in [1.82, 2.24) is 15.0 Å². The Labute approximate surface area is 112 Å². The predicted molar refractivity (Wildman–Crippen MR) is 72.8 cm³/mol. The Balaban J connectivity index is 2.18. The van der Waals surface area contributed by atoms with Crippen molar-refractivity contribution in [3.05, 3.63) is 47.8 Å². The van der Waals surface area contributed by atoms with E-state index in [-0.39, 0.29) is 0 Å². The smallest absolute Gasteiger partial charge is 0.149 e. The average Bonchev–Trinajstić information content (AvgIpc) is 2.45. The molecule has 0 aliphatic heterocycles. The van der Waals surface area contributed by atoms with Crippen molar-refractivity contribution in [2.45, 2.75) is 26.3 Å². The van der Waals surface area contributed by atoms with Gasteiger partial charge < -0.3 is 10.5 Å². The number of nitrogens with zero attached hydrogens (tertiary/aromatic N) is 3. The van der Waals surface area contributed by atoms with E-state index in [4.69, 9.17) is 10.5 Å². The van der Waals surface area contributed by atoms with Crippen LogP contribution in [0.15, 0.2) is 30.9 Å². The van der Waals surface area contributed by atoms with Gasteiger partial charge >= 0.3 is 0 Å². The lowest BCUT2D eigenvalue weighted by atomic mass is 10.1. The Bertz CT molecular complexity index is 527. The molecule has 1 unspecified atom stereocenters. The number of rotatable bonds is 5. The second kappa shape index (κ2) is 6.24. The number of aryl methyl sites for hydroxylation is 1. The zero-order valence-corrected chi connectivity index (χ0v) is 11.2. The van der Waals surface area contributed by atoms with Crippen molar-refractivity contribution in [2.75, 3.05) is 6.61 Å². The fourth-order valence-electron chi connectivity index (χ4n) is 1.62. The number of ether oxygens (including phenoxy) is 1. The van der Waals surface area contributed by atoms with Crippen LogP contribution < -0.4 is 10.5 Å². The van der Waals surface area contributed by atoms with Gasteiger partial charge in [-0.15, -0.1) is 0 Å². The molecule has 0 aliphatic carbocycles. The van der Waals surface area contributed by atoms with E-state index in [9.17, 15) is 0 Å². The minimum Gasteiger partial charge on any atom is -0.492 e. The van der Waals surface area contributed by atoms with Crippen LogP contribution in [0.3, 0.4) is 0 Å². The molecule has 5 heteroatoms. The molecule has 2 rings (SSSR count). The van der Waals surface area contributed by atoms with Gasteiger partial charge in [-0.1, -0.05) is 6.92 Å². The summed E-state index contributed by atoms with van der Waals surface area (Å²) in [6, 6.07) is 1.49. The molecule has 0 radical (unpaired) electrons. The molecule has 0 saturated heterocycles. The van der Waals surface area contributed by atoms with Gasteiger partial charge in [0.2, 0.25) is 0 Å². The molecular weight excluding hydrogens is 240 g/mol. The highest BCUT2D eigenvalue weighted by atomic mass is 16.5. The highest BCUT2D eigenvalue weighted by Crippen LogP contribution is 2.19. The van der Waals surface area contributed by atoms with Gasteiger partial charge in [0, 0.05) is 18.6 Å². The average molecular weight is 258 g/mol. The largest absolute Gasteiger partial charge is 0.492 e. The summed E-state index contributed by atoms with van der Waals surface area (Å²) in [6.07, 6.45) is 7.87. The summed E-state index contributed by atoms with van der Waals surface area (Å²) in [5.41, 5.74) is 8.00. The molecule has 2 aromatic heterocycles. The summed E-state index contributed by atoms with van der Waals surface area (Å²) in [5, 5.41) is 0. The molecule has 0 amide bonds. The van der Waals surface area contributed by atoms with Gasteiger partial charge in [-0.05, 0) is 30.5 Å². The summed E-state index contributed by atoms with van der Waals surface area (Å²) in [5.74, 6) is 1.31. The van der Waals surface area contributed by atoms with E-state index in [0.29, 0.717) is 12.4 Å². The van der Waals surface area contributed by atoms with Crippen LogP contribution in [0.4, 0.5) is 0 Å². The second-order valence-corrected chi connectivity index (χ2v) is 4.40. The van der Waals surface area contributed by atoms with Crippen molar-refractivity contribution in [1.29, 1.82) is 0 Å². The normalized spacial score (nSPS) is 12.2. The van der Waals surface area contributed by atoms with Crippen molar-refractivity contribution >= 4 is 0 Å². The second-order valence-electron chi connectivity index (χ2n) is 4.40. The Morgan fingerprint density at radius 2 is 1.95 bits per heavy atom. The van der Waals surface area contributed by atoms with Crippen LogP contribution in [0, 0.1) is 6.92 Å². The molecule has 2 N–H and O–H groups in total. The Hall–Kier alpha value is -2.01. The molecule has 0 spiro atoms. The maximum atomic E-state index is 6.14. The highest BCUT2D eigenvalue weighted by Gasteiger charge is 2.13. The Morgan fingerprint density at radius 1 is 1.21 bits per heavy atom. The molecule has 0 bridgehead atoms. The third kappa shape index (κ3) is 3.48. The first-order valence-corrected chi connectivity index (χ1v) is 6.32. The summed E-state index contributed by atoms with van der Waals surface area (Å²) >= 11 is 0. The minimum atomic E-state index is -0.390. The van der Waals surface area contributed by atoms with Crippen LogP contribution in [-0.4, -0.2) is 21.6 Å². The first kappa shape index (κ1) is 13.4. The lowest BCUT2D eigenvalue weighted by Crippen LogP contribution is -2.15. The SMILES string of the molecule is CCCOc1cncc(C(N)c2ncc(C)cn2)c1. The third-order valence-corrected chi connectivity index (χ3v) is 2.65. The lowest BCUT2D eigenvalue weighted by molar-refractivity contribution is 0.315. The molecule has 0 fully saturated rings. The van der Waals surface area contributed by atoms with Gasteiger partial charge in [-0.3, -0.25) is 4.98 Å². The summed E-state index contributed by atoms with van der Waals surface area (Å²) in [6.45, 7) is 4.67. The molecule has 5 nitrogen and oxygen atoms in total. The van der Waals surface area contributed by atoms with Crippen LogP contribution in [0.25, 0.3) is 0 Å².